The van der Waals surface area contributed by atoms with Gasteiger partial charge in [-0.1, -0.05) is 30.4 Å². The molecule has 160 valence electrons. The predicted molar refractivity (Wildman–Crippen MR) is 107 cm³/mol. The van der Waals surface area contributed by atoms with E-state index < -0.39 is 23.3 Å². The third-order valence-corrected chi connectivity index (χ3v) is 6.40. The molecule has 0 aromatic heterocycles. The molecule has 0 spiro atoms. The summed E-state index contributed by atoms with van der Waals surface area (Å²) in [6, 6.07) is 2.71. The van der Waals surface area contributed by atoms with Crippen molar-refractivity contribution in [2.24, 2.45) is 17.8 Å². The zero-order valence-electron chi connectivity index (χ0n) is 17.1. The molecule has 2 aliphatic carbocycles. The van der Waals surface area contributed by atoms with Gasteiger partial charge < -0.3 is 4.74 Å². The highest BCUT2D eigenvalue weighted by atomic mass is 19.4. The van der Waals surface area contributed by atoms with Crippen LogP contribution in [0.2, 0.25) is 0 Å². The molecule has 0 N–H and O–H groups in total. The van der Waals surface area contributed by atoms with Gasteiger partial charge in [-0.3, -0.25) is 0 Å². The second-order valence-corrected chi connectivity index (χ2v) is 8.21. The topological polar surface area (TPSA) is 9.23 Å². The quantitative estimate of drug-likeness (QED) is 0.357. The zero-order chi connectivity index (χ0) is 21.0. The Morgan fingerprint density at radius 1 is 1.03 bits per heavy atom. The fourth-order valence-electron chi connectivity index (χ4n) is 4.93. The Hall–Kier alpha value is -1.78. The van der Waals surface area contributed by atoms with E-state index in [-0.39, 0.29) is 18.1 Å². The minimum Gasteiger partial charge on any atom is -0.493 e. The molecule has 2 unspecified atom stereocenters. The maximum Gasteiger partial charge on any atom is 0.422 e. The molecule has 0 amide bonds. The predicted octanol–water partition coefficient (Wildman–Crippen LogP) is 7.68. The molecule has 0 saturated heterocycles. The van der Waals surface area contributed by atoms with Crippen molar-refractivity contribution >= 4 is 0 Å². The molecule has 1 aromatic rings. The van der Waals surface area contributed by atoms with Crippen molar-refractivity contribution in [2.45, 2.75) is 64.5 Å². The Bertz CT molecular complexity index is 742. The second-order valence-electron chi connectivity index (χ2n) is 8.21. The SMILES string of the molecule is C/C=C/C1CCC(C2C=CC(c3ccc(OCC)c(C(F)(F)F)c3F)CC2)CC1. The normalized spacial score (nSPS) is 28.1. The number of benzene rings is 1. The number of halogens is 4. The van der Waals surface area contributed by atoms with E-state index in [0.29, 0.717) is 24.2 Å². The molecule has 1 aromatic carbocycles. The van der Waals surface area contributed by atoms with Gasteiger partial charge in [0.2, 0.25) is 0 Å². The molecular weight excluding hydrogens is 380 g/mol. The Kier molecular flexibility index (Phi) is 7.07. The number of hydrogen-bond acceptors (Lipinski definition) is 1. The monoisotopic (exact) mass is 410 g/mol. The van der Waals surface area contributed by atoms with Crippen LogP contribution in [0.1, 0.15) is 69.4 Å². The van der Waals surface area contributed by atoms with Gasteiger partial charge in [-0.05, 0) is 81.8 Å². The van der Waals surface area contributed by atoms with E-state index in [9.17, 15) is 17.6 Å². The standard InChI is InChI=1S/C24H30F4O/c1-3-5-16-6-8-17(9-7-16)18-10-12-19(13-11-18)20-14-15-21(29-4-2)22(23(20)25)24(26,27)28/h3,5,10,12,14-19H,4,6-9,11,13H2,1-2H3/b5-3+. The lowest BCUT2D eigenvalue weighted by molar-refractivity contribution is -0.141. The summed E-state index contributed by atoms with van der Waals surface area (Å²) < 4.78 is 60.2. The third-order valence-electron chi connectivity index (χ3n) is 6.40. The van der Waals surface area contributed by atoms with Crippen LogP contribution in [0.15, 0.2) is 36.4 Å². The Morgan fingerprint density at radius 2 is 1.76 bits per heavy atom. The second kappa shape index (κ2) is 9.36. The van der Waals surface area contributed by atoms with Crippen molar-refractivity contribution in [1.29, 1.82) is 0 Å². The fraction of sp³-hybridized carbons (Fsp3) is 0.583. The van der Waals surface area contributed by atoms with Crippen LogP contribution in [0.25, 0.3) is 0 Å². The summed E-state index contributed by atoms with van der Waals surface area (Å²) in [5.41, 5.74) is -1.16. The van der Waals surface area contributed by atoms with Gasteiger partial charge in [-0.2, -0.15) is 13.2 Å². The Morgan fingerprint density at radius 3 is 2.31 bits per heavy atom. The van der Waals surface area contributed by atoms with Crippen LogP contribution in [-0.2, 0) is 6.18 Å². The van der Waals surface area contributed by atoms with Crippen molar-refractivity contribution in [1.82, 2.24) is 0 Å². The van der Waals surface area contributed by atoms with Gasteiger partial charge in [0.15, 0.2) is 0 Å². The largest absolute Gasteiger partial charge is 0.493 e. The van der Waals surface area contributed by atoms with Crippen LogP contribution in [0.5, 0.6) is 5.75 Å². The smallest absolute Gasteiger partial charge is 0.422 e. The van der Waals surface area contributed by atoms with Crippen LogP contribution in [0.3, 0.4) is 0 Å². The van der Waals surface area contributed by atoms with Gasteiger partial charge in [0, 0.05) is 5.92 Å². The first-order valence-electron chi connectivity index (χ1n) is 10.7. The molecule has 2 atom stereocenters. The van der Waals surface area contributed by atoms with E-state index in [1.165, 1.54) is 37.8 Å². The van der Waals surface area contributed by atoms with Gasteiger partial charge >= 0.3 is 6.18 Å². The molecule has 2 aliphatic rings. The first-order valence-corrected chi connectivity index (χ1v) is 10.7. The van der Waals surface area contributed by atoms with Crippen LogP contribution >= 0.6 is 0 Å². The van der Waals surface area contributed by atoms with E-state index >= 15 is 0 Å². The summed E-state index contributed by atoms with van der Waals surface area (Å²) in [6.45, 7) is 3.70. The maximum absolute atomic E-state index is 14.9. The number of allylic oxidation sites excluding steroid dienone is 4. The van der Waals surface area contributed by atoms with Crippen molar-refractivity contribution in [3.63, 3.8) is 0 Å². The molecule has 1 fully saturated rings. The van der Waals surface area contributed by atoms with Crippen molar-refractivity contribution in [2.75, 3.05) is 6.61 Å². The summed E-state index contributed by atoms with van der Waals surface area (Å²) in [4.78, 5) is 0. The highest BCUT2D eigenvalue weighted by molar-refractivity contribution is 5.43. The van der Waals surface area contributed by atoms with Gasteiger partial charge in [0.25, 0.3) is 0 Å². The molecule has 5 heteroatoms. The number of ether oxygens (including phenoxy) is 1. The van der Waals surface area contributed by atoms with Crippen LogP contribution in [0, 0.1) is 23.6 Å². The highest BCUT2D eigenvalue weighted by Crippen LogP contribution is 2.44. The Labute approximate surface area is 170 Å². The highest BCUT2D eigenvalue weighted by Gasteiger charge is 2.40. The molecule has 0 aliphatic heterocycles. The minimum absolute atomic E-state index is 0.0587. The van der Waals surface area contributed by atoms with E-state index in [0.717, 1.165) is 6.42 Å². The average molecular weight is 410 g/mol. The maximum atomic E-state index is 14.9. The van der Waals surface area contributed by atoms with Gasteiger partial charge in [0.1, 0.15) is 17.1 Å². The summed E-state index contributed by atoms with van der Waals surface area (Å²) in [5, 5.41) is 0. The molecule has 3 rings (SSSR count). The van der Waals surface area contributed by atoms with E-state index in [1.807, 2.05) is 6.08 Å². The molecule has 0 radical (unpaired) electrons. The Balaban J connectivity index is 1.74. The van der Waals surface area contributed by atoms with Crippen LogP contribution < -0.4 is 4.74 Å². The van der Waals surface area contributed by atoms with E-state index in [1.54, 1.807) is 6.92 Å². The first kappa shape index (κ1) is 21.9. The van der Waals surface area contributed by atoms with Crippen molar-refractivity contribution in [3.8, 4) is 5.75 Å². The molecule has 0 bridgehead atoms. The third kappa shape index (κ3) is 5.04. The van der Waals surface area contributed by atoms with Crippen molar-refractivity contribution in [3.05, 3.63) is 53.4 Å². The lowest BCUT2D eigenvalue weighted by Gasteiger charge is -2.34. The molecule has 29 heavy (non-hydrogen) atoms. The summed E-state index contributed by atoms with van der Waals surface area (Å²) in [6.07, 6.45) is 10.0. The lowest BCUT2D eigenvalue weighted by atomic mass is 9.71. The van der Waals surface area contributed by atoms with Crippen LogP contribution in [0.4, 0.5) is 17.6 Å². The van der Waals surface area contributed by atoms with Gasteiger partial charge in [-0.15, -0.1) is 0 Å². The first-order chi connectivity index (χ1) is 13.8. The number of hydrogen-bond donors (Lipinski definition) is 0. The minimum atomic E-state index is -4.78. The van der Waals surface area contributed by atoms with Crippen LogP contribution in [-0.4, -0.2) is 6.61 Å². The molecular formula is C24H30F4O. The molecule has 1 nitrogen and oxygen atoms in total. The average Bonchev–Trinajstić information content (AvgIpc) is 2.68. The van der Waals surface area contributed by atoms with Gasteiger partial charge in [0.05, 0.1) is 6.61 Å². The van der Waals surface area contributed by atoms with E-state index in [4.69, 9.17) is 4.74 Å². The summed E-state index contributed by atoms with van der Waals surface area (Å²) in [7, 11) is 0. The number of alkyl halides is 3. The zero-order valence-corrected chi connectivity index (χ0v) is 17.1. The lowest BCUT2D eigenvalue weighted by Crippen LogP contribution is -2.23. The summed E-state index contributed by atoms with van der Waals surface area (Å²) in [5.74, 6) is -0.187. The molecule has 0 heterocycles. The summed E-state index contributed by atoms with van der Waals surface area (Å²) >= 11 is 0. The van der Waals surface area contributed by atoms with E-state index in [2.05, 4.69) is 25.2 Å². The fourth-order valence-corrected chi connectivity index (χ4v) is 4.93. The van der Waals surface area contributed by atoms with Gasteiger partial charge in [-0.25, -0.2) is 4.39 Å². The van der Waals surface area contributed by atoms with Crippen molar-refractivity contribution < 1.29 is 22.3 Å². The molecule has 1 saturated carbocycles. The number of rotatable bonds is 5.